The van der Waals surface area contributed by atoms with E-state index < -0.39 is 0 Å². The molecule has 2 N–H and O–H groups in total. The summed E-state index contributed by atoms with van der Waals surface area (Å²) in [6, 6.07) is 1.07. The normalized spacial score (nSPS) is 14.4. The minimum Gasteiger partial charge on any atom is -0.351 e. The highest BCUT2D eigenvalue weighted by Gasteiger charge is 2.20. The topological polar surface area (TPSA) is 62.7 Å². The maximum atomic E-state index is 4.19. The second-order valence-electron chi connectivity index (χ2n) is 7.65. The van der Waals surface area contributed by atoms with Gasteiger partial charge in [-0.3, -0.25) is 0 Å². The number of nitrogens with zero attached hydrogens (tertiary/aromatic N) is 3. The summed E-state index contributed by atoms with van der Waals surface area (Å²) in [5, 5.41) is 6.97. The average molecular weight is 336 g/mol. The molecule has 0 aliphatic heterocycles. The van der Waals surface area contributed by atoms with Crippen LogP contribution in [0.25, 0.3) is 0 Å². The molecule has 2 unspecified atom stereocenters. The molecule has 0 amide bonds. The van der Waals surface area contributed by atoms with Crippen molar-refractivity contribution in [2.24, 2.45) is 5.41 Å². The highest BCUT2D eigenvalue weighted by Crippen LogP contribution is 2.30. The summed E-state index contributed by atoms with van der Waals surface area (Å²) in [5.41, 5.74) is 0.388. The van der Waals surface area contributed by atoms with E-state index in [1.165, 1.54) is 32.1 Å². The van der Waals surface area contributed by atoms with Gasteiger partial charge in [0.1, 0.15) is 12.7 Å². The standard InChI is InChI=1S/C19H37N5/c1-6-9-17(24-18-22-14-20-15-23-18)11-13-19(4,5)12-8-10-16(3)21-7-2/h14-17,21H,6-13H2,1-5H3,(H,20,22,23,24). The van der Waals surface area contributed by atoms with Gasteiger partial charge in [-0.1, -0.05) is 40.5 Å². The molecule has 0 aliphatic carbocycles. The second kappa shape index (κ2) is 11.3. The zero-order chi connectivity index (χ0) is 17.8. The molecule has 0 aromatic carbocycles. The first-order chi connectivity index (χ1) is 11.5. The summed E-state index contributed by atoms with van der Waals surface area (Å²) in [6.07, 6.45) is 11.7. The molecule has 0 saturated carbocycles. The molecule has 0 bridgehead atoms. The maximum absolute atomic E-state index is 4.19. The van der Waals surface area contributed by atoms with Gasteiger partial charge in [-0.2, -0.15) is 0 Å². The highest BCUT2D eigenvalue weighted by molar-refractivity contribution is 5.22. The summed E-state index contributed by atoms with van der Waals surface area (Å²) >= 11 is 0. The molecule has 2 atom stereocenters. The molecular weight excluding hydrogens is 298 g/mol. The Hall–Kier alpha value is -1.23. The van der Waals surface area contributed by atoms with Crippen molar-refractivity contribution in [3.8, 4) is 0 Å². The summed E-state index contributed by atoms with van der Waals surface area (Å²) in [6.45, 7) is 12.6. The van der Waals surface area contributed by atoms with Crippen molar-refractivity contribution in [3.05, 3.63) is 12.7 Å². The van der Waals surface area contributed by atoms with E-state index in [4.69, 9.17) is 0 Å². The van der Waals surface area contributed by atoms with Gasteiger partial charge < -0.3 is 10.6 Å². The van der Waals surface area contributed by atoms with Crippen LogP contribution >= 0.6 is 0 Å². The number of nitrogens with one attached hydrogen (secondary N) is 2. The van der Waals surface area contributed by atoms with Gasteiger partial charge in [0.25, 0.3) is 0 Å². The van der Waals surface area contributed by atoms with Crippen molar-refractivity contribution in [3.63, 3.8) is 0 Å². The molecule has 24 heavy (non-hydrogen) atoms. The molecule has 1 aromatic rings. The molecule has 0 spiro atoms. The first kappa shape index (κ1) is 20.8. The largest absolute Gasteiger partial charge is 0.351 e. The molecule has 0 aliphatic rings. The number of hydrogen-bond acceptors (Lipinski definition) is 5. The summed E-state index contributed by atoms with van der Waals surface area (Å²) < 4.78 is 0. The van der Waals surface area contributed by atoms with E-state index in [-0.39, 0.29) is 0 Å². The Bertz CT molecular complexity index is 421. The lowest BCUT2D eigenvalue weighted by Crippen LogP contribution is -2.26. The fourth-order valence-electron chi connectivity index (χ4n) is 3.16. The molecule has 138 valence electrons. The van der Waals surface area contributed by atoms with Gasteiger partial charge in [0.15, 0.2) is 0 Å². The van der Waals surface area contributed by atoms with E-state index in [1.807, 2.05) is 0 Å². The second-order valence-corrected chi connectivity index (χ2v) is 7.65. The van der Waals surface area contributed by atoms with Crippen LogP contribution in [-0.2, 0) is 0 Å². The molecule has 1 aromatic heterocycles. The number of aromatic nitrogens is 3. The van der Waals surface area contributed by atoms with Crippen molar-refractivity contribution >= 4 is 5.95 Å². The van der Waals surface area contributed by atoms with Crippen LogP contribution in [0.4, 0.5) is 5.95 Å². The van der Waals surface area contributed by atoms with Crippen LogP contribution in [0.15, 0.2) is 12.7 Å². The van der Waals surface area contributed by atoms with Crippen molar-refractivity contribution in [1.82, 2.24) is 20.3 Å². The molecule has 0 fully saturated rings. The fraction of sp³-hybridized carbons (Fsp3) is 0.842. The van der Waals surface area contributed by atoms with E-state index in [2.05, 4.69) is 60.2 Å². The molecule has 1 heterocycles. The Kier molecular flexibility index (Phi) is 9.84. The Morgan fingerprint density at radius 3 is 2.38 bits per heavy atom. The summed E-state index contributed by atoms with van der Waals surface area (Å²) in [7, 11) is 0. The Labute approximate surface area is 148 Å². The molecule has 0 radical (unpaired) electrons. The van der Waals surface area contributed by atoms with Crippen LogP contribution in [0.5, 0.6) is 0 Å². The Balaban J connectivity index is 2.38. The summed E-state index contributed by atoms with van der Waals surface area (Å²) in [5.74, 6) is 0.695. The lowest BCUT2D eigenvalue weighted by atomic mass is 9.81. The van der Waals surface area contributed by atoms with Crippen LogP contribution in [0.3, 0.4) is 0 Å². The molecule has 5 nitrogen and oxygen atoms in total. The van der Waals surface area contributed by atoms with Gasteiger partial charge in [0.05, 0.1) is 0 Å². The smallest absolute Gasteiger partial charge is 0.225 e. The van der Waals surface area contributed by atoms with Gasteiger partial charge >= 0.3 is 0 Å². The van der Waals surface area contributed by atoms with E-state index in [9.17, 15) is 0 Å². The number of anilines is 1. The van der Waals surface area contributed by atoms with Crippen molar-refractivity contribution in [2.45, 2.75) is 91.6 Å². The molecule has 0 saturated heterocycles. The average Bonchev–Trinajstić information content (AvgIpc) is 2.54. The van der Waals surface area contributed by atoms with Crippen molar-refractivity contribution in [1.29, 1.82) is 0 Å². The zero-order valence-electron chi connectivity index (χ0n) is 16.3. The first-order valence-electron chi connectivity index (χ1n) is 9.58. The minimum absolute atomic E-state index is 0.388. The van der Waals surface area contributed by atoms with E-state index in [0.29, 0.717) is 23.4 Å². The first-order valence-corrected chi connectivity index (χ1v) is 9.58. The Morgan fingerprint density at radius 1 is 1.04 bits per heavy atom. The lowest BCUT2D eigenvalue weighted by molar-refractivity contribution is 0.274. The van der Waals surface area contributed by atoms with Gasteiger partial charge in [-0.15, -0.1) is 0 Å². The minimum atomic E-state index is 0.388. The predicted octanol–water partition coefficient (Wildman–Crippen LogP) is 4.43. The lowest BCUT2D eigenvalue weighted by Gasteiger charge is -2.28. The van der Waals surface area contributed by atoms with Crippen LogP contribution in [0.1, 0.15) is 79.6 Å². The van der Waals surface area contributed by atoms with Crippen LogP contribution in [-0.4, -0.2) is 33.6 Å². The molecular formula is C19H37N5. The quantitative estimate of drug-likeness (QED) is 0.558. The third kappa shape index (κ3) is 9.16. The van der Waals surface area contributed by atoms with Gasteiger partial charge in [0.2, 0.25) is 5.95 Å². The predicted molar refractivity (Wildman–Crippen MR) is 102 cm³/mol. The van der Waals surface area contributed by atoms with Crippen LogP contribution < -0.4 is 10.6 Å². The Morgan fingerprint density at radius 2 is 1.75 bits per heavy atom. The van der Waals surface area contributed by atoms with Crippen molar-refractivity contribution in [2.75, 3.05) is 11.9 Å². The SMILES string of the molecule is CCCC(CCC(C)(C)CCCC(C)NCC)Nc1ncncn1. The van der Waals surface area contributed by atoms with Crippen molar-refractivity contribution < 1.29 is 0 Å². The fourth-order valence-corrected chi connectivity index (χ4v) is 3.16. The van der Waals surface area contributed by atoms with E-state index in [0.717, 1.165) is 19.4 Å². The van der Waals surface area contributed by atoms with Gasteiger partial charge in [0, 0.05) is 12.1 Å². The third-order valence-electron chi connectivity index (χ3n) is 4.68. The zero-order valence-corrected chi connectivity index (χ0v) is 16.3. The maximum Gasteiger partial charge on any atom is 0.225 e. The third-order valence-corrected chi connectivity index (χ3v) is 4.68. The number of rotatable bonds is 13. The van der Waals surface area contributed by atoms with Gasteiger partial charge in [-0.25, -0.2) is 15.0 Å². The van der Waals surface area contributed by atoms with Crippen LogP contribution in [0, 0.1) is 5.41 Å². The summed E-state index contributed by atoms with van der Waals surface area (Å²) in [4.78, 5) is 12.3. The van der Waals surface area contributed by atoms with Gasteiger partial charge in [-0.05, 0) is 51.0 Å². The van der Waals surface area contributed by atoms with Crippen LogP contribution in [0.2, 0.25) is 0 Å². The highest BCUT2D eigenvalue weighted by atomic mass is 15.1. The molecule has 5 heteroatoms. The van der Waals surface area contributed by atoms with E-state index in [1.54, 1.807) is 12.7 Å². The van der Waals surface area contributed by atoms with E-state index >= 15 is 0 Å². The monoisotopic (exact) mass is 335 g/mol. The molecule has 1 rings (SSSR count). The number of hydrogen-bond donors (Lipinski definition) is 2.